The second-order valence-electron chi connectivity index (χ2n) is 6.95. The maximum absolute atomic E-state index is 13.0. The summed E-state index contributed by atoms with van der Waals surface area (Å²) in [6, 6.07) is 22.3. The van der Waals surface area contributed by atoms with Crippen LogP contribution in [0, 0.1) is 0 Å². The number of hydrogen-bond acceptors (Lipinski definition) is 5. The number of hydrogen-bond donors (Lipinski definition) is 2. The molecule has 7 nitrogen and oxygen atoms in total. The van der Waals surface area contributed by atoms with Crippen molar-refractivity contribution in [2.75, 3.05) is 0 Å². The van der Waals surface area contributed by atoms with Crippen LogP contribution in [-0.4, -0.2) is 26.2 Å². The van der Waals surface area contributed by atoms with Crippen molar-refractivity contribution in [3.8, 4) is 5.69 Å². The van der Waals surface area contributed by atoms with Crippen molar-refractivity contribution in [2.24, 2.45) is 10.8 Å². The van der Waals surface area contributed by atoms with Crippen LogP contribution in [0.15, 0.2) is 103 Å². The van der Waals surface area contributed by atoms with Gasteiger partial charge in [-0.2, -0.15) is 5.10 Å². The lowest BCUT2D eigenvalue weighted by Gasteiger charge is -2.17. The van der Waals surface area contributed by atoms with Crippen molar-refractivity contribution in [3.63, 3.8) is 0 Å². The summed E-state index contributed by atoms with van der Waals surface area (Å²) in [4.78, 5) is 21.2. The van der Waals surface area contributed by atoms with Crippen molar-refractivity contribution in [1.29, 1.82) is 0 Å². The summed E-state index contributed by atoms with van der Waals surface area (Å²) < 4.78 is 1.89. The number of carbonyl (C=O) groups is 1. The Morgan fingerprint density at radius 1 is 1.00 bits per heavy atom. The normalized spacial score (nSPS) is 12.3. The number of hydrazone groups is 1. The minimum absolute atomic E-state index is 0.00476. The summed E-state index contributed by atoms with van der Waals surface area (Å²) in [5.74, 6) is 0.267. The molecule has 154 valence electrons. The second kappa shape index (κ2) is 9.49. The Kier molecular flexibility index (Phi) is 6.13. The molecule has 0 saturated carbocycles. The minimum atomic E-state index is -0.329. The number of pyridine rings is 1. The second-order valence-corrected chi connectivity index (χ2v) is 6.95. The van der Waals surface area contributed by atoms with Crippen LogP contribution in [0.5, 0.6) is 0 Å². The van der Waals surface area contributed by atoms with E-state index in [0.29, 0.717) is 11.3 Å². The number of benzene rings is 2. The molecule has 0 saturated heterocycles. The van der Waals surface area contributed by atoms with Gasteiger partial charge >= 0.3 is 0 Å². The van der Waals surface area contributed by atoms with Gasteiger partial charge in [-0.25, -0.2) is 4.98 Å². The molecule has 0 aliphatic rings. The fraction of sp³-hybridized carbons (Fsp3) is 0.0833. The summed E-state index contributed by atoms with van der Waals surface area (Å²) in [5, 5.41) is 4.29. The zero-order valence-corrected chi connectivity index (χ0v) is 16.8. The van der Waals surface area contributed by atoms with Crippen LogP contribution in [0.4, 0.5) is 0 Å². The van der Waals surface area contributed by atoms with Gasteiger partial charge in [-0.05, 0) is 42.0 Å². The number of nitrogens with two attached hydrogens (primary N) is 1. The fourth-order valence-electron chi connectivity index (χ4n) is 3.18. The van der Waals surface area contributed by atoms with Gasteiger partial charge in [0.1, 0.15) is 5.69 Å². The first kappa shape index (κ1) is 20.0. The molecule has 7 heteroatoms. The average Bonchev–Trinajstić information content (AvgIpc) is 3.38. The van der Waals surface area contributed by atoms with Crippen LogP contribution < -0.4 is 11.2 Å². The van der Waals surface area contributed by atoms with E-state index in [0.717, 1.165) is 11.3 Å². The zero-order chi connectivity index (χ0) is 21.5. The molecule has 0 fully saturated rings. The third-order valence-corrected chi connectivity index (χ3v) is 4.85. The van der Waals surface area contributed by atoms with E-state index in [1.165, 1.54) is 0 Å². The summed E-state index contributed by atoms with van der Waals surface area (Å²) in [5.41, 5.74) is 12.2. The number of imidazole rings is 1. The molecule has 1 unspecified atom stereocenters. The smallest absolute Gasteiger partial charge is 0.169 e. The zero-order valence-electron chi connectivity index (χ0n) is 16.8. The molecule has 0 aliphatic heterocycles. The standard InChI is InChI=1S/C24H22N6O/c25-24(21-8-4-5-13-27-21)29-28-22(18-6-2-1-3-7-18)16-23(31)19-9-11-20(12-10-19)30-15-14-26-17-30/h1-15,17,22,28H,16H2,(H2,25,29). The number of amidine groups is 1. The summed E-state index contributed by atoms with van der Waals surface area (Å²) in [7, 11) is 0. The lowest BCUT2D eigenvalue weighted by molar-refractivity contribution is 0.0968. The monoisotopic (exact) mass is 410 g/mol. The first-order valence-electron chi connectivity index (χ1n) is 9.87. The Bertz CT molecular complexity index is 1140. The molecule has 31 heavy (non-hydrogen) atoms. The van der Waals surface area contributed by atoms with Crippen molar-refractivity contribution in [3.05, 3.63) is 115 Å². The van der Waals surface area contributed by atoms with E-state index in [9.17, 15) is 4.79 Å². The summed E-state index contributed by atoms with van der Waals surface area (Å²) in [6.07, 6.45) is 7.18. The highest BCUT2D eigenvalue weighted by Crippen LogP contribution is 2.20. The Balaban J connectivity index is 1.51. The molecule has 0 spiro atoms. The van der Waals surface area contributed by atoms with Gasteiger partial charge in [0, 0.05) is 36.3 Å². The van der Waals surface area contributed by atoms with E-state index < -0.39 is 0 Å². The largest absolute Gasteiger partial charge is 0.380 e. The molecule has 0 bridgehead atoms. The van der Waals surface area contributed by atoms with E-state index in [4.69, 9.17) is 5.73 Å². The van der Waals surface area contributed by atoms with Gasteiger partial charge in [0.05, 0.1) is 12.4 Å². The van der Waals surface area contributed by atoms with Crippen molar-refractivity contribution < 1.29 is 4.79 Å². The molecule has 4 rings (SSSR count). The van der Waals surface area contributed by atoms with Crippen LogP contribution >= 0.6 is 0 Å². The average molecular weight is 410 g/mol. The Morgan fingerprint density at radius 3 is 2.45 bits per heavy atom. The number of ketones is 1. The number of aromatic nitrogens is 3. The molecule has 3 N–H and O–H groups in total. The van der Waals surface area contributed by atoms with Crippen LogP contribution in [-0.2, 0) is 0 Å². The predicted octanol–water partition coefficient (Wildman–Crippen LogP) is 3.49. The van der Waals surface area contributed by atoms with Crippen molar-refractivity contribution in [2.45, 2.75) is 12.5 Å². The van der Waals surface area contributed by atoms with Crippen molar-refractivity contribution >= 4 is 11.6 Å². The lowest BCUT2D eigenvalue weighted by Crippen LogP contribution is -2.25. The molecule has 0 amide bonds. The number of nitrogens with zero attached hydrogens (tertiary/aromatic N) is 4. The van der Waals surface area contributed by atoms with Gasteiger partial charge in [-0.1, -0.05) is 36.4 Å². The molecule has 1 atom stereocenters. The summed E-state index contributed by atoms with van der Waals surface area (Å²) >= 11 is 0. The molecular weight excluding hydrogens is 388 g/mol. The van der Waals surface area contributed by atoms with Gasteiger partial charge < -0.3 is 15.7 Å². The van der Waals surface area contributed by atoms with E-state index in [2.05, 4.69) is 20.5 Å². The molecular formula is C24H22N6O. The highest BCUT2D eigenvalue weighted by atomic mass is 16.1. The highest BCUT2D eigenvalue weighted by molar-refractivity contribution is 5.97. The first-order chi connectivity index (χ1) is 15.2. The van der Waals surface area contributed by atoms with Gasteiger partial charge in [-0.15, -0.1) is 0 Å². The highest BCUT2D eigenvalue weighted by Gasteiger charge is 2.17. The van der Waals surface area contributed by atoms with Gasteiger partial charge in [0.25, 0.3) is 0 Å². The number of nitrogens with one attached hydrogen (secondary N) is 1. The Hall–Kier alpha value is -4.26. The molecule has 2 aromatic carbocycles. The van der Waals surface area contributed by atoms with Crippen LogP contribution in [0.3, 0.4) is 0 Å². The molecule has 0 aliphatic carbocycles. The van der Waals surface area contributed by atoms with E-state index in [1.807, 2.05) is 77.5 Å². The summed E-state index contributed by atoms with van der Waals surface area (Å²) in [6.45, 7) is 0. The van der Waals surface area contributed by atoms with Crippen LogP contribution in [0.2, 0.25) is 0 Å². The SMILES string of the molecule is N/C(=N/NC(CC(=O)c1ccc(-n2ccnc2)cc1)c1ccccc1)c1ccccn1. The Morgan fingerprint density at radius 2 is 1.77 bits per heavy atom. The molecule has 0 radical (unpaired) electrons. The van der Waals surface area contributed by atoms with E-state index in [-0.39, 0.29) is 24.1 Å². The number of rotatable bonds is 8. The predicted molar refractivity (Wildman–Crippen MR) is 120 cm³/mol. The van der Waals surface area contributed by atoms with Crippen molar-refractivity contribution in [1.82, 2.24) is 20.0 Å². The quantitative estimate of drug-likeness (QED) is 0.201. The first-order valence-corrected chi connectivity index (χ1v) is 9.87. The van der Waals surface area contributed by atoms with Gasteiger partial charge in [-0.3, -0.25) is 9.78 Å². The third-order valence-electron chi connectivity index (χ3n) is 4.85. The molecule has 2 aromatic heterocycles. The lowest BCUT2D eigenvalue weighted by atomic mass is 9.98. The molecule has 4 aromatic rings. The maximum atomic E-state index is 13.0. The topological polar surface area (TPSA) is 98.2 Å². The van der Waals surface area contributed by atoms with Gasteiger partial charge in [0.2, 0.25) is 0 Å². The Labute approximate surface area is 180 Å². The number of carbonyl (C=O) groups excluding carboxylic acids is 1. The number of Topliss-reactive ketones (excluding diaryl/α,β-unsaturated/α-hetero) is 1. The van der Waals surface area contributed by atoms with E-state index in [1.54, 1.807) is 24.8 Å². The fourth-order valence-corrected chi connectivity index (χ4v) is 3.18. The maximum Gasteiger partial charge on any atom is 0.169 e. The van der Waals surface area contributed by atoms with Gasteiger partial charge in [0.15, 0.2) is 11.6 Å². The van der Waals surface area contributed by atoms with E-state index >= 15 is 0 Å². The minimum Gasteiger partial charge on any atom is -0.380 e. The van der Waals surface area contributed by atoms with Crippen LogP contribution in [0.1, 0.15) is 34.1 Å². The third kappa shape index (κ3) is 5.02. The van der Waals surface area contributed by atoms with Crippen LogP contribution in [0.25, 0.3) is 5.69 Å². The molecule has 2 heterocycles.